The van der Waals surface area contributed by atoms with E-state index in [4.69, 9.17) is 4.74 Å². The van der Waals surface area contributed by atoms with Gasteiger partial charge in [0.2, 0.25) is 0 Å². The Morgan fingerprint density at radius 2 is 1.85 bits per heavy atom. The van der Waals surface area contributed by atoms with Crippen LogP contribution in [0.4, 0.5) is 0 Å². The van der Waals surface area contributed by atoms with Crippen molar-refractivity contribution in [2.24, 2.45) is 0 Å². The molecule has 2 rings (SSSR count). The minimum Gasteiger partial charge on any atom is -0.494 e. The minimum absolute atomic E-state index is 0.881. The fourth-order valence-corrected chi connectivity index (χ4v) is 1.36. The van der Waals surface area contributed by atoms with Crippen LogP contribution in [0.2, 0.25) is 0 Å². The first kappa shape index (κ1) is 7.92. The van der Waals surface area contributed by atoms with Crippen LogP contribution in [0.5, 0.6) is 5.75 Å². The Balaban J connectivity index is 2.47. The van der Waals surface area contributed by atoms with E-state index in [9.17, 15) is 0 Å². The van der Waals surface area contributed by atoms with E-state index in [2.05, 4.69) is 4.98 Å². The zero-order chi connectivity index (χ0) is 9.10. The standard InChI is InChI=1S/C11H11NO/c1-13-10-7-8-12-11(10)9-5-3-2-4-6-9/h2-8,12H,1H3. The maximum Gasteiger partial charge on any atom is 0.144 e. The average molecular weight is 173 g/mol. The van der Waals surface area contributed by atoms with E-state index < -0.39 is 0 Å². The Bertz CT molecular complexity index is 378. The Hall–Kier alpha value is -1.70. The third-order valence-electron chi connectivity index (χ3n) is 1.99. The third kappa shape index (κ3) is 1.43. The summed E-state index contributed by atoms with van der Waals surface area (Å²) in [6.45, 7) is 0. The molecule has 2 nitrogen and oxygen atoms in total. The van der Waals surface area contributed by atoms with Gasteiger partial charge >= 0.3 is 0 Å². The van der Waals surface area contributed by atoms with Gasteiger partial charge in [-0.2, -0.15) is 0 Å². The van der Waals surface area contributed by atoms with Crippen LogP contribution in [0.15, 0.2) is 42.6 Å². The normalized spacial score (nSPS) is 9.92. The zero-order valence-electron chi connectivity index (χ0n) is 7.45. The van der Waals surface area contributed by atoms with Crippen molar-refractivity contribution in [1.82, 2.24) is 4.98 Å². The summed E-state index contributed by atoms with van der Waals surface area (Å²) in [6, 6.07) is 12.0. The minimum atomic E-state index is 0.881. The topological polar surface area (TPSA) is 25.0 Å². The van der Waals surface area contributed by atoms with Gasteiger partial charge in [0.25, 0.3) is 0 Å². The summed E-state index contributed by atoms with van der Waals surface area (Å²) in [5, 5.41) is 0. The number of benzene rings is 1. The second-order valence-corrected chi connectivity index (χ2v) is 2.79. The Morgan fingerprint density at radius 3 is 2.54 bits per heavy atom. The molecule has 13 heavy (non-hydrogen) atoms. The molecule has 0 aliphatic rings. The number of aromatic nitrogens is 1. The first-order chi connectivity index (χ1) is 6.42. The molecule has 0 unspecified atom stereocenters. The molecule has 0 saturated heterocycles. The van der Waals surface area contributed by atoms with Gasteiger partial charge < -0.3 is 9.72 Å². The van der Waals surface area contributed by atoms with Gasteiger partial charge in [-0.3, -0.25) is 0 Å². The summed E-state index contributed by atoms with van der Waals surface area (Å²) in [5.74, 6) is 0.881. The molecule has 0 aliphatic carbocycles. The lowest BCUT2D eigenvalue weighted by molar-refractivity contribution is 0.417. The molecule has 0 saturated carbocycles. The summed E-state index contributed by atoms with van der Waals surface area (Å²) in [7, 11) is 1.68. The molecule has 1 N–H and O–H groups in total. The van der Waals surface area contributed by atoms with Gasteiger partial charge in [-0.15, -0.1) is 0 Å². The molecule has 0 bridgehead atoms. The molecule has 1 aromatic carbocycles. The van der Waals surface area contributed by atoms with E-state index in [0.29, 0.717) is 0 Å². The highest BCUT2D eigenvalue weighted by Crippen LogP contribution is 2.27. The summed E-state index contributed by atoms with van der Waals surface area (Å²) < 4.78 is 5.21. The number of hydrogen-bond acceptors (Lipinski definition) is 1. The molecule has 2 heteroatoms. The van der Waals surface area contributed by atoms with Gasteiger partial charge in [-0.1, -0.05) is 30.3 Å². The predicted octanol–water partition coefficient (Wildman–Crippen LogP) is 2.69. The molecule has 0 fully saturated rings. The van der Waals surface area contributed by atoms with Gasteiger partial charge in [0.15, 0.2) is 0 Å². The molecule has 0 aliphatic heterocycles. The Kier molecular flexibility index (Phi) is 2.04. The molecule has 0 radical (unpaired) electrons. The SMILES string of the molecule is COc1cc[nH]c1-c1ccccc1. The molecule has 0 atom stereocenters. The van der Waals surface area contributed by atoms with Crippen molar-refractivity contribution in [2.75, 3.05) is 7.11 Å². The molecular weight excluding hydrogens is 162 g/mol. The molecule has 0 spiro atoms. The van der Waals surface area contributed by atoms with E-state index >= 15 is 0 Å². The second kappa shape index (κ2) is 3.35. The Labute approximate surface area is 77.2 Å². The fraction of sp³-hybridized carbons (Fsp3) is 0.0909. The molecule has 2 aromatic rings. The summed E-state index contributed by atoms with van der Waals surface area (Å²) in [6.07, 6.45) is 1.88. The van der Waals surface area contributed by atoms with Crippen molar-refractivity contribution in [3.63, 3.8) is 0 Å². The van der Waals surface area contributed by atoms with Crippen LogP contribution in [0.3, 0.4) is 0 Å². The number of H-pyrrole nitrogens is 1. The summed E-state index contributed by atoms with van der Waals surface area (Å²) in [5.41, 5.74) is 2.17. The lowest BCUT2D eigenvalue weighted by atomic mass is 10.1. The van der Waals surface area contributed by atoms with Crippen LogP contribution in [0.25, 0.3) is 11.3 Å². The summed E-state index contributed by atoms with van der Waals surface area (Å²) >= 11 is 0. The maximum absolute atomic E-state index is 5.21. The van der Waals surface area contributed by atoms with Gasteiger partial charge in [0, 0.05) is 11.8 Å². The number of rotatable bonds is 2. The van der Waals surface area contributed by atoms with Crippen molar-refractivity contribution >= 4 is 0 Å². The van der Waals surface area contributed by atoms with E-state index in [1.165, 1.54) is 0 Å². The first-order valence-electron chi connectivity index (χ1n) is 4.18. The van der Waals surface area contributed by atoms with E-state index in [1.807, 2.05) is 42.6 Å². The van der Waals surface area contributed by atoms with Crippen LogP contribution in [0, 0.1) is 0 Å². The van der Waals surface area contributed by atoms with Gasteiger partial charge in [0.1, 0.15) is 5.75 Å². The van der Waals surface area contributed by atoms with Crippen LogP contribution in [0.1, 0.15) is 0 Å². The molecule has 66 valence electrons. The van der Waals surface area contributed by atoms with Gasteiger partial charge in [0.05, 0.1) is 12.8 Å². The van der Waals surface area contributed by atoms with Crippen LogP contribution >= 0.6 is 0 Å². The van der Waals surface area contributed by atoms with Gasteiger partial charge in [-0.05, 0) is 6.07 Å². The summed E-state index contributed by atoms with van der Waals surface area (Å²) in [4.78, 5) is 3.15. The Morgan fingerprint density at radius 1 is 1.08 bits per heavy atom. The third-order valence-corrected chi connectivity index (χ3v) is 1.99. The lowest BCUT2D eigenvalue weighted by Gasteiger charge is -2.01. The quantitative estimate of drug-likeness (QED) is 0.742. The van der Waals surface area contributed by atoms with Crippen molar-refractivity contribution in [3.05, 3.63) is 42.6 Å². The molecule has 1 aromatic heterocycles. The zero-order valence-corrected chi connectivity index (χ0v) is 7.45. The van der Waals surface area contributed by atoms with Crippen molar-refractivity contribution in [3.8, 4) is 17.0 Å². The van der Waals surface area contributed by atoms with Crippen molar-refractivity contribution < 1.29 is 4.74 Å². The van der Waals surface area contributed by atoms with Crippen molar-refractivity contribution in [2.45, 2.75) is 0 Å². The van der Waals surface area contributed by atoms with E-state index in [-0.39, 0.29) is 0 Å². The van der Waals surface area contributed by atoms with E-state index in [1.54, 1.807) is 7.11 Å². The van der Waals surface area contributed by atoms with Crippen LogP contribution in [-0.4, -0.2) is 12.1 Å². The predicted molar refractivity (Wildman–Crippen MR) is 52.8 cm³/mol. The number of aromatic amines is 1. The largest absolute Gasteiger partial charge is 0.494 e. The maximum atomic E-state index is 5.21. The van der Waals surface area contributed by atoms with E-state index in [0.717, 1.165) is 17.0 Å². The smallest absolute Gasteiger partial charge is 0.144 e. The molecule has 1 heterocycles. The van der Waals surface area contributed by atoms with Crippen LogP contribution in [-0.2, 0) is 0 Å². The van der Waals surface area contributed by atoms with Crippen LogP contribution < -0.4 is 4.74 Å². The van der Waals surface area contributed by atoms with Crippen molar-refractivity contribution in [1.29, 1.82) is 0 Å². The number of hydrogen-bond donors (Lipinski definition) is 1. The molecular formula is C11H11NO. The fourth-order valence-electron chi connectivity index (χ4n) is 1.36. The number of nitrogens with one attached hydrogen (secondary N) is 1. The highest BCUT2D eigenvalue weighted by Gasteiger charge is 2.04. The first-order valence-corrected chi connectivity index (χ1v) is 4.18. The average Bonchev–Trinajstić information content (AvgIpc) is 2.67. The highest BCUT2D eigenvalue weighted by atomic mass is 16.5. The number of methoxy groups -OCH3 is 1. The lowest BCUT2D eigenvalue weighted by Crippen LogP contribution is -1.83. The monoisotopic (exact) mass is 173 g/mol. The highest BCUT2D eigenvalue weighted by molar-refractivity contribution is 5.66. The molecule has 0 amide bonds. The van der Waals surface area contributed by atoms with Gasteiger partial charge in [-0.25, -0.2) is 0 Å². The number of ether oxygens (including phenoxy) is 1. The second-order valence-electron chi connectivity index (χ2n) is 2.79.